The number of nitrogens with zero attached hydrogens (tertiary/aromatic N) is 1. The van der Waals surface area contributed by atoms with Gasteiger partial charge in [-0.25, -0.2) is 12.9 Å². The highest BCUT2D eigenvalue weighted by Crippen LogP contribution is 2.43. The number of quaternary nitrogens is 1. The zero-order chi connectivity index (χ0) is 23.6. The van der Waals surface area contributed by atoms with Crippen molar-refractivity contribution in [2.75, 3.05) is 6.54 Å². The Balaban J connectivity index is 0.000000257. The second-order valence-electron chi connectivity index (χ2n) is 7.66. The molecule has 33 heavy (non-hydrogen) atoms. The van der Waals surface area contributed by atoms with Crippen LogP contribution in [-0.4, -0.2) is 19.5 Å². The summed E-state index contributed by atoms with van der Waals surface area (Å²) in [5, 5.41) is 0. The van der Waals surface area contributed by atoms with Crippen LogP contribution in [0.15, 0.2) is 126 Å². The predicted octanol–water partition coefficient (Wildman–Crippen LogP) is 7.05. The van der Waals surface area contributed by atoms with Crippen molar-refractivity contribution in [2.24, 2.45) is 0 Å². The first-order chi connectivity index (χ1) is 16.0. The van der Waals surface area contributed by atoms with Gasteiger partial charge in [-0.1, -0.05) is 86.1 Å². The molecule has 0 atom stereocenters. The van der Waals surface area contributed by atoms with Crippen molar-refractivity contribution < 1.29 is 13.0 Å². The first kappa shape index (κ1) is 24.4. The van der Waals surface area contributed by atoms with Gasteiger partial charge in [0.15, 0.2) is 0 Å². The van der Waals surface area contributed by atoms with E-state index >= 15 is 0 Å². The van der Waals surface area contributed by atoms with Crippen LogP contribution in [0.5, 0.6) is 0 Å². The molecule has 0 saturated carbocycles. The van der Waals surface area contributed by atoms with Crippen molar-refractivity contribution in [2.45, 2.75) is 24.7 Å². The average Bonchev–Trinajstić information content (AvgIpc) is 2.87. The van der Waals surface area contributed by atoms with E-state index in [2.05, 4.69) is 97.9 Å². The summed E-state index contributed by atoms with van der Waals surface area (Å²) >= 11 is 0. The van der Waals surface area contributed by atoms with Gasteiger partial charge in [-0.3, -0.25) is 0 Å². The van der Waals surface area contributed by atoms with E-state index in [1.54, 1.807) is 6.07 Å². The maximum Gasteiger partial charge on any atom is 0.143 e. The lowest BCUT2D eigenvalue weighted by atomic mass is 10.1. The molecule has 4 nitrogen and oxygen atoms in total. The van der Waals surface area contributed by atoms with E-state index in [-0.39, 0.29) is 4.90 Å². The van der Waals surface area contributed by atoms with E-state index in [0.29, 0.717) is 0 Å². The number of hydrogen-bond donors (Lipinski definition) is 0. The molecule has 0 amide bonds. The lowest BCUT2D eigenvalue weighted by molar-refractivity contribution is 0.463. The average molecular weight is 460 g/mol. The maximum absolute atomic E-state index is 10.3. The van der Waals surface area contributed by atoms with E-state index in [0.717, 1.165) is 11.0 Å². The van der Waals surface area contributed by atoms with Gasteiger partial charge in [0.1, 0.15) is 27.2 Å². The molecule has 0 bridgehead atoms. The van der Waals surface area contributed by atoms with Crippen LogP contribution in [0.2, 0.25) is 0 Å². The van der Waals surface area contributed by atoms with Crippen LogP contribution in [0, 0.1) is 0 Å². The number of para-hydroxylation sites is 3. The highest BCUT2D eigenvalue weighted by atomic mass is 32.2. The van der Waals surface area contributed by atoms with Crippen LogP contribution in [0.25, 0.3) is 0 Å². The Hall–Kier alpha value is -3.25. The molecule has 0 radical (unpaired) electrons. The quantitative estimate of drug-likeness (QED) is 0.220. The summed E-state index contributed by atoms with van der Waals surface area (Å²) in [6.07, 6.45) is 2.37. The normalized spacial score (nSPS) is 11.3. The summed E-state index contributed by atoms with van der Waals surface area (Å²) in [4.78, 5) is -0.185. The molecule has 0 fully saturated rings. The number of rotatable bonds is 7. The topological polar surface area (TPSA) is 57.2 Å². The highest BCUT2D eigenvalue weighted by Gasteiger charge is 2.35. The van der Waals surface area contributed by atoms with E-state index < -0.39 is 10.1 Å². The van der Waals surface area contributed by atoms with Crippen LogP contribution in [0.4, 0.5) is 17.1 Å². The summed E-state index contributed by atoms with van der Waals surface area (Å²) in [6, 6.07) is 39.8. The highest BCUT2D eigenvalue weighted by molar-refractivity contribution is 7.85. The molecule has 0 unspecified atom stereocenters. The second-order valence-corrected chi connectivity index (χ2v) is 9.04. The largest absolute Gasteiger partial charge is 0.744 e. The third-order valence-electron chi connectivity index (χ3n) is 5.47. The van der Waals surface area contributed by atoms with E-state index in [9.17, 15) is 13.0 Å². The van der Waals surface area contributed by atoms with E-state index in [1.807, 2.05) is 0 Å². The smallest absolute Gasteiger partial charge is 0.143 e. The zero-order valence-corrected chi connectivity index (χ0v) is 19.6. The molecule has 4 rings (SSSR count). The summed E-state index contributed by atoms with van der Waals surface area (Å²) < 4.78 is 31.6. The van der Waals surface area contributed by atoms with E-state index in [4.69, 9.17) is 0 Å². The third-order valence-corrected chi connectivity index (χ3v) is 6.32. The molecule has 0 N–H and O–H groups in total. The van der Waals surface area contributed by atoms with Crippen molar-refractivity contribution >= 4 is 27.2 Å². The fourth-order valence-corrected chi connectivity index (χ4v) is 4.35. The third kappa shape index (κ3) is 6.17. The molecular weight excluding hydrogens is 430 g/mol. The Morgan fingerprint density at radius 1 is 0.606 bits per heavy atom. The molecule has 4 aromatic rings. The molecule has 0 aromatic heterocycles. The van der Waals surface area contributed by atoms with Crippen LogP contribution in [0.1, 0.15) is 19.8 Å². The maximum atomic E-state index is 10.3. The minimum Gasteiger partial charge on any atom is -0.744 e. The van der Waals surface area contributed by atoms with Crippen LogP contribution >= 0.6 is 0 Å². The number of hydrogen-bond acceptors (Lipinski definition) is 3. The fraction of sp³-hybridized carbons (Fsp3) is 0.143. The van der Waals surface area contributed by atoms with Gasteiger partial charge in [0.2, 0.25) is 0 Å². The van der Waals surface area contributed by atoms with Crippen molar-refractivity contribution in [3.8, 4) is 0 Å². The second kappa shape index (κ2) is 11.6. The predicted molar refractivity (Wildman–Crippen MR) is 135 cm³/mol. The Labute approximate surface area is 197 Å². The number of unbranched alkanes of at least 4 members (excludes halogenated alkanes) is 1. The molecule has 5 heteroatoms. The standard InChI is InChI=1S/C22H24N.C6H6O3S/c1-2-3-19-23(20-13-7-4-8-14-20,21-15-9-5-10-16-21)22-17-11-6-12-18-22;7-10(8,9)6-4-2-1-3-5-6/h4-18H,2-3,19H2,1H3;1-5H,(H,7,8,9)/q+1;/p-1. The van der Waals surface area contributed by atoms with Gasteiger partial charge in [-0.2, -0.15) is 0 Å². The van der Waals surface area contributed by atoms with Gasteiger partial charge in [0.25, 0.3) is 0 Å². The molecule has 0 heterocycles. The molecular formula is C28H29NO3S. The fourth-order valence-electron chi connectivity index (χ4n) is 3.86. The summed E-state index contributed by atoms with van der Waals surface area (Å²) in [5.74, 6) is 0. The molecule has 0 aliphatic heterocycles. The monoisotopic (exact) mass is 459 g/mol. The molecule has 0 saturated heterocycles. The summed E-state index contributed by atoms with van der Waals surface area (Å²) in [5.41, 5.74) is 3.95. The summed E-state index contributed by atoms with van der Waals surface area (Å²) in [7, 11) is -4.25. The summed E-state index contributed by atoms with van der Waals surface area (Å²) in [6.45, 7) is 3.32. The Morgan fingerprint density at radius 3 is 1.21 bits per heavy atom. The van der Waals surface area contributed by atoms with Crippen LogP contribution in [0.3, 0.4) is 0 Å². The SMILES string of the molecule is CCCC[N+](c1ccccc1)(c1ccccc1)c1ccccc1.O=S(=O)([O-])c1ccccc1. The van der Waals surface area contributed by atoms with Crippen LogP contribution in [-0.2, 0) is 10.1 Å². The van der Waals surface area contributed by atoms with Gasteiger partial charge in [-0.15, -0.1) is 0 Å². The first-order valence-electron chi connectivity index (χ1n) is 11.0. The number of benzene rings is 4. The lowest BCUT2D eigenvalue weighted by Gasteiger charge is -2.37. The minimum absolute atomic E-state index is 0.185. The van der Waals surface area contributed by atoms with Crippen molar-refractivity contribution in [3.05, 3.63) is 121 Å². The Bertz CT molecular complexity index is 1100. The van der Waals surface area contributed by atoms with Gasteiger partial charge in [0.05, 0.1) is 11.4 Å². The van der Waals surface area contributed by atoms with Crippen molar-refractivity contribution in [1.29, 1.82) is 0 Å². The molecule has 0 spiro atoms. The van der Waals surface area contributed by atoms with Crippen LogP contribution < -0.4 is 4.48 Å². The van der Waals surface area contributed by atoms with Gasteiger partial charge in [0, 0.05) is 0 Å². The van der Waals surface area contributed by atoms with Crippen molar-refractivity contribution in [1.82, 2.24) is 4.48 Å². The lowest BCUT2D eigenvalue weighted by Crippen LogP contribution is -2.39. The van der Waals surface area contributed by atoms with Gasteiger partial charge < -0.3 is 4.55 Å². The van der Waals surface area contributed by atoms with E-state index in [1.165, 1.54) is 54.2 Å². The first-order valence-corrected chi connectivity index (χ1v) is 12.4. The molecule has 0 aliphatic carbocycles. The Kier molecular flexibility index (Phi) is 8.55. The minimum atomic E-state index is -4.25. The molecule has 0 aliphatic rings. The van der Waals surface area contributed by atoms with Gasteiger partial charge >= 0.3 is 0 Å². The van der Waals surface area contributed by atoms with Crippen molar-refractivity contribution in [3.63, 3.8) is 0 Å². The van der Waals surface area contributed by atoms with Gasteiger partial charge in [-0.05, 0) is 55.0 Å². The zero-order valence-electron chi connectivity index (χ0n) is 18.7. The molecule has 170 valence electrons. The molecule has 4 aromatic carbocycles. The Morgan fingerprint density at radius 2 is 0.939 bits per heavy atom.